The summed E-state index contributed by atoms with van der Waals surface area (Å²) in [6, 6.07) is 6.31. The minimum absolute atomic E-state index is 0.0868. The fourth-order valence-corrected chi connectivity index (χ4v) is 3.37. The summed E-state index contributed by atoms with van der Waals surface area (Å²) in [6.45, 7) is -0.313. The number of aldehydes is 1. The largest absolute Gasteiger partial charge is 0.460 e. The van der Waals surface area contributed by atoms with Crippen LogP contribution in [-0.2, 0) is 9.73 Å². The van der Waals surface area contributed by atoms with Crippen LogP contribution in [0.5, 0.6) is 0 Å². The lowest BCUT2D eigenvalue weighted by atomic mass is 10.0. The van der Waals surface area contributed by atoms with Crippen molar-refractivity contribution in [3.05, 3.63) is 35.9 Å². The van der Waals surface area contributed by atoms with Gasteiger partial charge in [0.05, 0.1) is 0 Å². The molecule has 1 fully saturated rings. The van der Waals surface area contributed by atoms with Crippen molar-refractivity contribution >= 4 is 18.0 Å². The molecule has 2 unspecified atom stereocenters. The number of alkyl halides is 3. The summed E-state index contributed by atoms with van der Waals surface area (Å²) in [6.07, 6.45) is -4.48. The average molecular weight is 291 g/mol. The van der Waals surface area contributed by atoms with Gasteiger partial charge in [-0.1, -0.05) is 30.3 Å². The van der Waals surface area contributed by atoms with Gasteiger partial charge < -0.3 is 9.90 Å². The molecule has 1 aromatic carbocycles. The first-order chi connectivity index (χ1) is 8.89. The summed E-state index contributed by atoms with van der Waals surface area (Å²) < 4.78 is 38.7. The van der Waals surface area contributed by atoms with Crippen molar-refractivity contribution in [2.45, 2.75) is 17.3 Å². The van der Waals surface area contributed by atoms with E-state index in [1.807, 2.05) is 0 Å². The normalized spacial score (nSPS) is 29.2. The topological polar surface area (TPSA) is 40.5 Å². The molecule has 2 rings (SSSR count). The van der Waals surface area contributed by atoms with Gasteiger partial charge >= 0.3 is 6.30 Å². The first kappa shape index (κ1) is 14.4. The Morgan fingerprint density at radius 1 is 1.37 bits per heavy atom. The number of rotatable bonds is 2. The number of halogens is 3. The SMILES string of the molecule is O=CC1N(C(F)(F)F)CCSC1(O)c1ccccc1. The molecular weight excluding hydrogens is 279 g/mol. The zero-order valence-electron chi connectivity index (χ0n) is 9.80. The number of nitrogens with zero attached hydrogens (tertiary/aromatic N) is 1. The Morgan fingerprint density at radius 2 is 2.00 bits per heavy atom. The van der Waals surface area contributed by atoms with Crippen LogP contribution in [0.15, 0.2) is 30.3 Å². The Morgan fingerprint density at radius 3 is 2.53 bits per heavy atom. The minimum Gasteiger partial charge on any atom is -0.373 e. The van der Waals surface area contributed by atoms with E-state index in [1.54, 1.807) is 18.2 Å². The number of carbonyl (C=O) groups excluding carboxylic acids is 1. The first-order valence-corrected chi connectivity index (χ1v) is 6.59. The maximum absolute atomic E-state index is 12.9. The van der Waals surface area contributed by atoms with Crippen LogP contribution in [0, 0.1) is 0 Å². The van der Waals surface area contributed by atoms with E-state index in [-0.39, 0.29) is 23.5 Å². The predicted molar refractivity (Wildman–Crippen MR) is 65.4 cm³/mol. The molecule has 0 radical (unpaired) electrons. The van der Waals surface area contributed by atoms with Gasteiger partial charge in [-0.25, -0.2) is 0 Å². The molecule has 1 aromatic rings. The van der Waals surface area contributed by atoms with Crippen LogP contribution in [0.2, 0.25) is 0 Å². The van der Waals surface area contributed by atoms with Crippen LogP contribution in [0.25, 0.3) is 0 Å². The highest BCUT2D eigenvalue weighted by Gasteiger charge is 2.53. The van der Waals surface area contributed by atoms with E-state index < -0.39 is 17.3 Å². The molecule has 0 saturated carbocycles. The molecule has 1 heterocycles. The summed E-state index contributed by atoms with van der Waals surface area (Å²) in [5.41, 5.74) is 0.297. The van der Waals surface area contributed by atoms with Gasteiger partial charge in [-0.2, -0.15) is 18.1 Å². The Labute approximate surface area is 112 Å². The van der Waals surface area contributed by atoms with E-state index in [9.17, 15) is 23.1 Å². The van der Waals surface area contributed by atoms with E-state index in [0.29, 0.717) is 5.56 Å². The number of carbonyl (C=O) groups is 1. The second kappa shape index (κ2) is 5.15. The maximum atomic E-state index is 12.9. The molecular formula is C12H12F3NO2S. The second-order valence-electron chi connectivity index (χ2n) is 4.15. The van der Waals surface area contributed by atoms with Crippen molar-refractivity contribution in [3.63, 3.8) is 0 Å². The third-order valence-electron chi connectivity index (χ3n) is 3.03. The minimum atomic E-state index is -4.64. The summed E-state index contributed by atoms with van der Waals surface area (Å²) in [5, 5.41) is 10.5. The molecule has 3 nitrogen and oxygen atoms in total. The monoisotopic (exact) mass is 291 g/mol. The number of aliphatic hydroxyl groups is 1. The van der Waals surface area contributed by atoms with Gasteiger partial charge in [0.1, 0.15) is 12.3 Å². The highest BCUT2D eigenvalue weighted by Crippen LogP contribution is 2.44. The van der Waals surface area contributed by atoms with E-state index >= 15 is 0 Å². The van der Waals surface area contributed by atoms with Gasteiger partial charge in [-0.3, -0.25) is 0 Å². The molecule has 1 aliphatic heterocycles. The lowest BCUT2D eigenvalue weighted by Gasteiger charge is -2.44. The Kier molecular flexibility index (Phi) is 3.89. The standard InChI is InChI=1S/C12H12F3NO2S/c13-12(14,15)16-6-7-19-11(18,10(16)8-17)9-4-2-1-3-5-9/h1-5,8,10,18H,6-7H2. The van der Waals surface area contributed by atoms with Crippen LogP contribution >= 0.6 is 11.8 Å². The molecule has 0 aliphatic carbocycles. The van der Waals surface area contributed by atoms with Crippen LogP contribution in [0.1, 0.15) is 5.56 Å². The summed E-state index contributed by atoms with van der Waals surface area (Å²) in [5.74, 6) is 0.0925. The van der Waals surface area contributed by atoms with Gasteiger partial charge in [0, 0.05) is 12.3 Å². The molecule has 19 heavy (non-hydrogen) atoms. The lowest BCUT2D eigenvalue weighted by molar-refractivity contribution is -0.265. The van der Waals surface area contributed by atoms with Gasteiger partial charge in [0.25, 0.3) is 0 Å². The van der Waals surface area contributed by atoms with Crippen molar-refractivity contribution in [2.75, 3.05) is 12.3 Å². The Bertz CT molecular complexity index is 454. The van der Waals surface area contributed by atoms with Crippen molar-refractivity contribution in [2.24, 2.45) is 0 Å². The third-order valence-corrected chi connectivity index (χ3v) is 4.34. The molecule has 0 bridgehead atoms. The second-order valence-corrected chi connectivity index (χ2v) is 5.47. The molecule has 1 N–H and O–H groups in total. The molecule has 1 saturated heterocycles. The molecule has 104 valence electrons. The van der Waals surface area contributed by atoms with Gasteiger partial charge in [0.2, 0.25) is 0 Å². The van der Waals surface area contributed by atoms with Crippen LogP contribution in [-0.4, -0.2) is 40.9 Å². The quantitative estimate of drug-likeness (QED) is 0.668. The van der Waals surface area contributed by atoms with E-state index in [2.05, 4.69) is 0 Å². The number of thioether (sulfide) groups is 1. The van der Waals surface area contributed by atoms with Crippen molar-refractivity contribution in [3.8, 4) is 0 Å². The first-order valence-electron chi connectivity index (χ1n) is 5.60. The van der Waals surface area contributed by atoms with Crippen LogP contribution in [0.4, 0.5) is 13.2 Å². The van der Waals surface area contributed by atoms with Gasteiger partial charge in [-0.15, -0.1) is 11.8 Å². The molecule has 1 aliphatic rings. The number of hydrogen-bond acceptors (Lipinski definition) is 4. The van der Waals surface area contributed by atoms with Gasteiger partial charge in [-0.05, 0) is 5.56 Å². The van der Waals surface area contributed by atoms with E-state index in [4.69, 9.17) is 0 Å². The van der Waals surface area contributed by atoms with E-state index in [0.717, 1.165) is 11.8 Å². The highest BCUT2D eigenvalue weighted by molar-refractivity contribution is 8.00. The molecule has 2 atom stereocenters. The van der Waals surface area contributed by atoms with Crippen molar-refractivity contribution in [1.82, 2.24) is 4.90 Å². The van der Waals surface area contributed by atoms with Crippen LogP contribution < -0.4 is 0 Å². The van der Waals surface area contributed by atoms with Crippen LogP contribution in [0.3, 0.4) is 0 Å². The summed E-state index contributed by atoms with van der Waals surface area (Å²) in [7, 11) is 0. The van der Waals surface area contributed by atoms with E-state index in [1.165, 1.54) is 12.1 Å². The summed E-state index contributed by atoms with van der Waals surface area (Å²) in [4.78, 5) is 9.30. The molecule has 0 amide bonds. The molecule has 0 aromatic heterocycles. The van der Waals surface area contributed by atoms with Crippen molar-refractivity contribution in [1.29, 1.82) is 0 Å². The maximum Gasteiger partial charge on any atom is 0.460 e. The third kappa shape index (κ3) is 2.63. The fraction of sp³-hybridized carbons (Fsp3) is 0.417. The highest BCUT2D eigenvalue weighted by atomic mass is 32.2. The lowest BCUT2D eigenvalue weighted by Crippen LogP contribution is -2.59. The Balaban J connectivity index is 2.42. The summed E-state index contributed by atoms with van der Waals surface area (Å²) >= 11 is 0.954. The molecule has 7 heteroatoms. The molecule has 0 spiro atoms. The van der Waals surface area contributed by atoms with Gasteiger partial charge in [0.15, 0.2) is 4.93 Å². The number of hydrogen-bond donors (Lipinski definition) is 1. The fourth-order valence-electron chi connectivity index (χ4n) is 2.12. The van der Waals surface area contributed by atoms with Crippen molar-refractivity contribution < 1.29 is 23.1 Å². The smallest absolute Gasteiger partial charge is 0.373 e. The zero-order chi connectivity index (χ0) is 14.1. The average Bonchev–Trinajstić information content (AvgIpc) is 2.38. The zero-order valence-corrected chi connectivity index (χ0v) is 10.6. The predicted octanol–water partition coefficient (Wildman–Crippen LogP) is 1.97. The Hall–Kier alpha value is -1.05. The number of benzene rings is 1.